The smallest absolute Gasteiger partial charge is 0.354 e. The molecule has 0 saturated carbocycles. The van der Waals surface area contributed by atoms with Gasteiger partial charge in [-0.3, -0.25) is 24.6 Å². The van der Waals surface area contributed by atoms with Gasteiger partial charge in [0.05, 0.1) is 24.5 Å². The first-order chi connectivity index (χ1) is 29.2. The van der Waals surface area contributed by atoms with Crippen molar-refractivity contribution in [3.8, 4) is 0 Å². The minimum absolute atomic E-state index is 0.164. The zero-order valence-electron chi connectivity index (χ0n) is 35.5. The highest BCUT2D eigenvalue weighted by atomic mass is 32.2. The number of allylic oxidation sites excluding steroid dienone is 1. The highest BCUT2D eigenvalue weighted by molar-refractivity contribution is 8.23. The van der Waals surface area contributed by atoms with E-state index < -0.39 is 150 Å². The Morgan fingerprint density at radius 3 is 2.24 bits per heavy atom. The van der Waals surface area contributed by atoms with E-state index in [1.165, 1.54) is 34.0 Å². The van der Waals surface area contributed by atoms with E-state index in [0.717, 1.165) is 25.6 Å². The predicted octanol–water partition coefficient (Wildman–Crippen LogP) is -0.835. The van der Waals surface area contributed by atoms with Crippen LogP contribution in [0.4, 0.5) is 0 Å². The molecule has 2 heterocycles. The molecule has 2 fully saturated rings. The number of amides is 1. The number of ether oxygens (including phenoxy) is 7. The third-order valence-corrected chi connectivity index (χ3v) is 11.7. The number of hydrogen-bond donors (Lipinski definition) is 9. The lowest BCUT2D eigenvalue weighted by Gasteiger charge is -2.52. The molecule has 9 N–H and O–H groups in total. The van der Waals surface area contributed by atoms with Crippen molar-refractivity contribution in [1.82, 2.24) is 10.6 Å². The summed E-state index contributed by atoms with van der Waals surface area (Å²) in [4.78, 5) is 86.7. The van der Waals surface area contributed by atoms with Gasteiger partial charge in [0.2, 0.25) is 5.91 Å². The summed E-state index contributed by atoms with van der Waals surface area (Å²) in [5.74, 6) is -10.3. The van der Waals surface area contributed by atoms with Crippen molar-refractivity contribution in [2.75, 3.05) is 19.5 Å². The van der Waals surface area contributed by atoms with Crippen LogP contribution in [0.3, 0.4) is 0 Å². The van der Waals surface area contributed by atoms with Gasteiger partial charge in [0, 0.05) is 33.1 Å². The fourth-order valence-electron chi connectivity index (χ4n) is 7.00. The Morgan fingerprint density at radius 1 is 1.08 bits per heavy atom. The highest BCUT2D eigenvalue weighted by Crippen LogP contribution is 2.42. The van der Waals surface area contributed by atoms with E-state index >= 15 is 0 Å². The van der Waals surface area contributed by atoms with Gasteiger partial charge in [-0.1, -0.05) is 43.9 Å². The Bertz CT molecular complexity index is 1890. The van der Waals surface area contributed by atoms with Crippen molar-refractivity contribution in [2.24, 2.45) is 5.92 Å². The highest BCUT2D eigenvalue weighted by Gasteiger charge is 2.62. The van der Waals surface area contributed by atoms with E-state index in [1.54, 1.807) is 13.8 Å². The van der Waals surface area contributed by atoms with Crippen LogP contribution >= 0.6 is 24.0 Å². The molecule has 3 rings (SSSR count). The Balaban J connectivity index is 2.11. The van der Waals surface area contributed by atoms with Crippen LogP contribution in [0.1, 0.15) is 61.3 Å². The molecule has 0 spiro atoms. The predicted molar refractivity (Wildman–Crippen MR) is 218 cm³/mol. The van der Waals surface area contributed by atoms with Crippen molar-refractivity contribution in [1.29, 1.82) is 5.41 Å². The van der Waals surface area contributed by atoms with Gasteiger partial charge < -0.3 is 74.4 Å². The molecule has 25 heteroatoms. The topological polar surface area (TPSA) is 353 Å². The number of thiocarbonyl (C=S) groups is 1. The van der Waals surface area contributed by atoms with Crippen LogP contribution in [0.15, 0.2) is 23.1 Å². The Morgan fingerprint density at radius 2 is 1.71 bits per heavy atom. The number of aliphatic carboxylic acids is 2. The van der Waals surface area contributed by atoms with E-state index in [2.05, 4.69) is 10.6 Å². The molecule has 63 heavy (non-hydrogen) atoms. The SMILES string of the molecule is C/C=C(\NC(=S)SCC(NC(C)=O)C(=O)O)C(=O)OC1C(COC(C)=O)OC(C2(O)CC(=O)C(=N)C(C(=O)O)=C2O)C(O)C1OC1CC(OC)C(O)(C(C)OC(=O)C(C)C)C(C)O1. The van der Waals surface area contributed by atoms with Crippen LogP contribution in [-0.4, -0.2) is 174 Å². The van der Waals surface area contributed by atoms with Crippen LogP contribution in [0, 0.1) is 11.3 Å². The quantitative estimate of drug-likeness (QED) is 0.0372. The van der Waals surface area contributed by atoms with E-state index in [9.17, 15) is 64.2 Å². The van der Waals surface area contributed by atoms with E-state index in [4.69, 9.17) is 50.8 Å². The second kappa shape index (κ2) is 21.9. The van der Waals surface area contributed by atoms with Crippen molar-refractivity contribution in [3.05, 3.63) is 23.1 Å². The number of Topliss-reactive ketones (excluding diaryl/α,β-unsaturated/α-hetero) is 1. The zero-order chi connectivity index (χ0) is 47.9. The van der Waals surface area contributed by atoms with Crippen LogP contribution in [0.5, 0.6) is 0 Å². The molecule has 2 saturated heterocycles. The van der Waals surface area contributed by atoms with E-state index in [1.807, 2.05) is 0 Å². The number of hydrogen-bond acceptors (Lipinski definition) is 21. The maximum absolute atomic E-state index is 13.9. The number of carboxylic acid groups (broad SMARTS) is 2. The summed E-state index contributed by atoms with van der Waals surface area (Å²) in [5.41, 5.74) is -7.97. The number of carboxylic acids is 2. The molecule has 0 aromatic rings. The number of esters is 3. The van der Waals surface area contributed by atoms with Crippen LogP contribution in [0.2, 0.25) is 0 Å². The molecule has 2 aliphatic heterocycles. The molecule has 0 bridgehead atoms. The average Bonchev–Trinajstić information content (AvgIpc) is 3.19. The number of nitrogens with one attached hydrogen (secondary N) is 3. The zero-order valence-corrected chi connectivity index (χ0v) is 37.1. The third-order valence-electron chi connectivity index (χ3n) is 10.4. The summed E-state index contributed by atoms with van der Waals surface area (Å²) in [6.07, 6.45) is -15.9. The standard InChI is InChI=1S/C38H53N3O20S2/c1-9-19(41-36(62)63-13-20(32(47)48)40-17(6)42)35(52)61-28-22(12-56-18(7)43)59-31(37(53)11-21(44)26(39)25(30(37)46)33(49)50)27(45)29(28)60-24-10-23(55-8)38(54,15(4)57-24)16(5)58-34(51)14(2)3/h9,14-16,20,22-24,27-29,31,39,45-46,53-54H,10-13H2,1-8H3,(H,40,42)(H,41,62)(H,47,48)(H,49,50)/b19-9-,39-26?. The lowest BCUT2D eigenvalue weighted by molar-refractivity contribution is -0.345. The Labute approximate surface area is 370 Å². The summed E-state index contributed by atoms with van der Waals surface area (Å²) in [6.45, 7) is 8.64. The van der Waals surface area contributed by atoms with Gasteiger partial charge in [-0.15, -0.1) is 0 Å². The van der Waals surface area contributed by atoms with E-state index in [0.29, 0.717) is 0 Å². The number of ketones is 1. The second-order valence-electron chi connectivity index (χ2n) is 15.1. The van der Waals surface area contributed by atoms with Crippen LogP contribution in [0.25, 0.3) is 0 Å². The minimum atomic E-state index is -3.10. The van der Waals surface area contributed by atoms with Gasteiger partial charge in [0.1, 0.15) is 70.2 Å². The molecular formula is C38H53N3O20S2. The number of thioether (sulfide) groups is 1. The molecular weight excluding hydrogens is 883 g/mol. The van der Waals surface area contributed by atoms with Gasteiger partial charge in [-0.25, -0.2) is 14.4 Å². The van der Waals surface area contributed by atoms with Gasteiger partial charge in [-0.2, -0.15) is 0 Å². The maximum atomic E-state index is 13.9. The number of carbonyl (C=O) groups excluding carboxylic acids is 5. The molecule has 1 aliphatic carbocycles. The van der Waals surface area contributed by atoms with Crippen LogP contribution in [-0.2, 0) is 66.7 Å². The average molecular weight is 936 g/mol. The number of rotatable bonds is 17. The molecule has 12 unspecified atom stereocenters. The Kier molecular flexibility index (Phi) is 18.3. The number of aliphatic hydroxyl groups excluding tert-OH is 2. The molecule has 3 aliphatic rings. The molecule has 12 atom stereocenters. The normalized spacial score (nSPS) is 31.1. The van der Waals surface area contributed by atoms with Gasteiger partial charge in [-0.05, 0) is 20.8 Å². The molecule has 23 nitrogen and oxygen atoms in total. The number of methoxy groups -OCH3 is 1. The van der Waals surface area contributed by atoms with Crippen molar-refractivity contribution in [3.63, 3.8) is 0 Å². The maximum Gasteiger partial charge on any atom is 0.354 e. The Hall–Kier alpha value is -4.60. The summed E-state index contributed by atoms with van der Waals surface area (Å²) < 4.78 is 40.1. The third kappa shape index (κ3) is 12.2. The lowest BCUT2D eigenvalue weighted by atomic mass is 9.74. The second-order valence-corrected chi connectivity index (χ2v) is 16.8. The summed E-state index contributed by atoms with van der Waals surface area (Å²) in [7, 11) is 1.24. The monoisotopic (exact) mass is 935 g/mol. The van der Waals surface area contributed by atoms with Gasteiger partial charge in [0.15, 0.2) is 29.4 Å². The fourth-order valence-corrected chi connectivity index (χ4v) is 8.04. The van der Waals surface area contributed by atoms with Gasteiger partial charge in [0.25, 0.3) is 0 Å². The van der Waals surface area contributed by atoms with Crippen molar-refractivity contribution in [2.45, 2.75) is 134 Å². The summed E-state index contributed by atoms with van der Waals surface area (Å²) in [5, 5.41) is 79.0. The molecule has 1 amide bonds. The first-order valence-electron chi connectivity index (χ1n) is 19.3. The fraction of sp³-hybridized carbons (Fsp3) is 0.658. The molecule has 0 aromatic carbocycles. The largest absolute Gasteiger partial charge is 0.508 e. The van der Waals surface area contributed by atoms with Crippen molar-refractivity contribution >= 4 is 75.5 Å². The summed E-state index contributed by atoms with van der Waals surface area (Å²) >= 11 is 6.02. The molecule has 352 valence electrons. The minimum Gasteiger partial charge on any atom is -0.508 e. The number of carbonyl (C=O) groups is 7. The van der Waals surface area contributed by atoms with Crippen molar-refractivity contribution < 1.29 is 97.4 Å². The molecule has 0 radical (unpaired) electrons. The first kappa shape index (κ1) is 52.7. The summed E-state index contributed by atoms with van der Waals surface area (Å²) in [6, 6.07) is -1.36. The van der Waals surface area contributed by atoms with E-state index in [-0.39, 0.29) is 22.2 Å². The number of aliphatic hydroxyl groups is 4. The first-order valence-corrected chi connectivity index (χ1v) is 20.7. The lowest BCUT2D eigenvalue weighted by Crippen LogP contribution is -2.70. The van der Waals surface area contributed by atoms with Crippen LogP contribution < -0.4 is 10.6 Å². The van der Waals surface area contributed by atoms with Gasteiger partial charge >= 0.3 is 29.8 Å². The molecule has 0 aromatic heterocycles.